The van der Waals surface area contributed by atoms with E-state index >= 15 is 0 Å². The maximum Gasteiger partial charge on any atom is 0.329 e. The van der Waals surface area contributed by atoms with E-state index in [1.165, 1.54) is 13.3 Å². The Labute approximate surface area is 211 Å². The molecule has 0 saturated carbocycles. The molecule has 1 atom stereocenters. The number of carbonyl (C=O) groups is 3. The van der Waals surface area contributed by atoms with Crippen molar-refractivity contribution in [3.05, 3.63) is 51.0 Å². The van der Waals surface area contributed by atoms with Gasteiger partial charge < -0.3 is 20.1 Å². The number of nitrogens with one attached hydrogen (secondary N) is 3. The number of hydrazone groups is 1. The fourth-order valence-corrected chi connectivity index (χ4v) is 3.36. The van der Waals surface area contributed by atoms with Gasteiger partial charge in [-0.15, -0.1) is 0 Å². The lowest BCUT2D eigenvalue weighted by atomic mass is 10.2. The molecule has 0 spiro atoms. The van der Waals surface area contributed by atoms with E-state index in [0.29, 0.717) is 38.7 Å². The summed E-state index contributed by atoms with van der Waals surface area (Å²) in [7, 11) is 1.45. The van der Waals surface area contributed by atoms with Crippen LogP contribution >= 0.6 is 27.5 Å². The van der Waals surface area contributed by atoms with Crippen LogP contribution in [0, 0.1) is 6.92 Å². The number of aryl methyl sites for hydroxylation is 1. The Hall–Kier alpha value is -3.11. The van der Waals surface area contributed by atoms with Gasteiger partial charge in [0, 0.05) is 16.8 Å². The maximum atomic E-state index is 12.3. The van der Waals surface area contributed by atoms with Crippen LogP contribution in [0.25, 0.3) is 0 Å². The van der Waals surface area contributed by atoms with Gasteiger partial charge in [-0.05, 0) is 71.6 Å². The molecule has 2 aromatic rings. The fraction of sp³-hybridized carbons (Fsp3) is 0.304. The standard InChI is InChI=1S/C23H26BrClN4O5/c1-5-14(3)27-22(31)23(32)29-26-11-15-8-17(24)21(19(9-15)33-4)34-12-20(30)28-18-10-16(25)7-6-13(18)2/h6-11,14H,5,12H2,1-4H3,(H,27,31)(H,28,30)(H,29,32)/b26-11-/t14-/m1/s1. The Kier molecular flexibility index (Phi) is 10.3. The predicted molar refractivity (Wildman–Crippen MR) is 135 cm³/mol. The lowest BCUT2D eigenvalue weighted by molar-refractivity contribution is -0.139. The second-order valence-corrected chi connectivity index (χ2v) is 8.60. The average Bonchev–Trinajstić information content (AvgIpc) is 2.80. The van der Waals surface area contributed by atoms with Gasteiger partial charge in [-0.3, -0.25) is 14.4 Å². The van der Waals surface area contributed by atoms with Gasteiger partial charge in [0.2, 0.25) is 0 Å². The van der Waals surface area contributed by atoms with Crippen molar-refractivity contribution >= 4 is 57.2 Å². The van der Waals surface area contributed by atoms with Crippen LogP contribution in [0.15, 0.2) is 39.9 Å². The lowest BCUT2D eigenvalue weighted by Gasteiger charge is -2.14. The van der Waals surface area contributed by atoms with E-state index in [-0.39, 0.29) is 18.6 Å². The van der Waals surface area contributed by atoms with Crippen LogP contribution in [0.3, 0.4) is 0 Å². The molecule has 0 fully saturated rings. The molecule has 0 aliphatic carbocycles. The number of rotatable bonds is 9. The molecular weight excluding hydrogens is 528 g/mol. The zero-order valence-electron chi connectivity index (χ0n) is 19.2. The van der Waals surface area contributed by atoms with Crippen LogP contribution in [0.2, 0.25) is 5.02 Å². The number of anilines is 1. The zero-order chi connectivity index (χ0) is 25.3. The Morgan fingerprint density at radius 3 is 2.62 bits per heavy atom. The van der Waals surface area contributed by atoms with Gasteiger partial charge >= 0.3 is 11.8 Å². The number of halogens is 2. The molecule has 0 radical (unpaired) electrons. The molecule has 0 heterocycles. The number of hydrogen-bond acceptors (Lipinski definition) is 6. The molecule has 3 N–H and O–H groups in total. The highest BCUT2D eigenvalue weighted by atomic mass is 79.9. The van der Waals surface area contributed by atoms with Gasteiger partial charge in [-0.25, -0.2) is 5.43 Å². The van der Waals surface area contributed by atoms with Crippen LogP contribution < -0.4 is 25.5 Å². The Morgan fingerprint density at radius 2 is 1.94 bits per heavy atom. The molecule has 0 saturated heterocycles. The molecule has 34 heavy (non-hydrogen) atoms. The van der Waals surface area contributed by atoms with Gasteiger partial charge in [0.25, 0.3) is 5.91 Å². The molecule has 182 valence electrons. The summed E-state index contributed by atoms with van der Waals surface area (Å²) in [6, 6.07) is 8.35. The van der Waals surface area contributed by atoms with Crippen LogP contribution in [-0.2, 0) is 14.4 Å². The topological polar surface area (TPSA) is 118 Å². The molecule has 9 nitrogen and oxygen atoms in total. The third-order valence-corrected chi connectivity index (χ3v) is 5.47. The number of benzene rings is 2. The van der Waals surface area contributed by atoms with E-state index < -0.39 is 11.8 Å². The molecule has 11 heteroatoms. The first-order chi connectivity index (χ1) is 16.1. The number of carbonyl (C=O) groups excluding carboxylic acids is 3. The van der Waals surface area contributed by atoms with Gasteiger partial charge in [0.1, 0.15) is 0 Å². The molecule has 3 amide bonds. The van der Waals surface area contributed by atoms with E-state index in [0.717, 1.165) is 5.56 Å². The number of amides is 3. The lowest BCUT2D eigenvalue weighted by Crippen LogP contribution is -2.41. The molecular formula is C23H26BrClN4O5. The van der Waals surface area contributed by atoms with Gasteiger partial charge in [0.05, 0.1) is 17.8 Å². The van der Waals surface area contributed by atoms with Gasteiger partial charge in [-0.1, -0.05) is 24.6 Å². The van der Waals surface area contributed by atoms with Crippen molar-refractivity contribution in [3.8, 4) is 11.5 Å². The molecule has 0 aliphatic rings. The summed E-state index contributed by atoms with van der Waals surface area (Å²) in [4.78, 5) is 35.9. The first-order valence-corrected chi connectivity index (χ1v) is 11.5. The van der Waals surface area contributed by atoms with Crippen molar-refractivity contribution in [2.24, 2.45) is 5.10 Å². The predicted octanol–water partition coefficient (Wildman–Crippen LogP) is 3.80. The minimum absolute atomic E-state index is 0.119. The summed E-state index contributed by atoms with van der Waals surface area (Å²) < 4.78 is 11.5. The molecule has 0 aromatic heterocycles. The smallest absolute Gasteiger partial charge is 0.329 e. The van der Waals surface area contributed by atoms with Crippen LogP contribution in [0.1, 0.15) is 31.4 Å². The third-order valence-electron chi connectivity index (χ3n) is 4.65. The van der Waals surface area contributed by atoms with Gasteiger partial charge in [0.15, 0.2) is 18.1 Å². The summed E-state index contributed by atoms with van der Waals surface area (Å²) in [5.41, 5.74) is 4.19. The van der Waals surface area contributed by atoms with Crippen molar-refractivity contribution in [1.82, 2.24) is 10.7 Å². The van der Waals surface area contributed by atoms with Crippen molar-refractivity contribution < 1.29 is 23.9 Å². The fourth-order valence-electron chi connectivity index (χ4n) is 2.61. The maximum absolute atomic E-state index is 12.3. The summed E-state index contributed by atoms with van der Waals surface area (Å²) in [5.74, 6) is -1.36. The van der Waals surface area contributed by atoms with E-state index in [4.69, 9.17) is 21.1 Å². The molecule has 0 bridgehead atoms. The normalized spacial score (nSPS) is 11.6. The van der Waals surface area contributed by atoms with E-state index in [1.807, 2.05) is 13.8 Å². The quantitative estimate of drug-likeness (QED) is 0.248. The van der Waals surface area contributed by atoms with Crippen LogP contribution in [-0.4, -0.2) is 43.7 Å². The average molecular weight is 554 g/mol. The Morgan fingerprint density at radius 1 is 1.21 bits per heavy atom. The minimum Gasteiger partial charge on any atom is -0.493 e. The minimum atomic E-state index is -0.872. The number of methoxy groups -OCH3 is 1. The highest BCUT2D eigenvalue weighted by Crippen LogP contribution is 2.36. The number of nitrogens with zero attached hydrogens (tertiary/aromatic N) is 1. The molecule has 0 aliphatic heterocycles. The number of ether oxygens (including phenoxy) is 2. The second-order valence-electron chi connectivity index (χ2n) is 7.31. The van der Waals surface area contributed by atoms with Crippen molar-refractivity contribution in [2.45, 2.75) is 33.2 Å². The van der Waals surface area contributed by atoms with E-state index in [9.17, 15) is 14.4 Å². The Bertz CT molecular complexity index is 1090. The summed E-state index contributed by atoms with van der Waals surface area (Å²) in [5, 5.41) is 9.61. The first-order valence-electron chi connectivity index (χ1n) is 10.3. The number of hydrogen-bond donors (Lipinski definition) is 3. The van der Waals surface area contributed by atoms with Crippen molar-refractivity contribution in [2.75, 3.05) is 19.0 Å². The highest BCUT2D eigenvalue weighted by molar-refractivity contribution is 9.10. The van der Waals surface area contributed by atoms with E-state index in [1.54, 1.807) is 37.3 Å². The van der Waals surface area contributed by atoms with E-state index in [2.05, 4.69) is 37.1 Å². The first kappa shape index (κ1) is 27.1. The highest BCUT2D eigenvalue weighted by Gasteiger charge is 2.16. The monoisotopic (exact) mass is 552 g/mol. The third kappa shape index (κ3) is 8.03. The largest absolute Gasteiger partial charge is 0.493 e. The molecule has 2 aromatic carbocycles. The zero-order valence-corrected chi connectivity index (χ0v) is 21.5. The second kappa shape index (κ2) is 13.0. The van der Waals surface area contributed by atoms with Crippen molar-refractivity contribution in [1.29, 1.82) is 0 Å². The summed E-state index contributed by atoms with van der Waals surface area (Å²) in [6.45, 7) is 5.28. The molecule has 2 rings (SSSR count). The summed E-state index contributed by atoms with van der Waals surface area (Å²) >= 11 is 9.37. The SMILES string of the molecule is CC[C@@H](C)NC(=O)C(=O)N/N=C\c1cc(Br)c(OCC(=O)Nc2cc(Cl)ccc2C)c(OC)c1. The Balaban J connectivity index is 2.01. The van der Waals surface area contributed by atoms with Crippen molar-refractivity contribution in [3.63, 3.8) is 0 Å². The van der Waals surface area contributed by atoms with Crippen LogP contribution in [0.4, 0.5) is 5.69 Å². The van der Waals surface area contributed by atoms with Crippen LogP contribution in [0.5, 0.6) is 11.5 Å². The summed E-state index contributed by atoms with van der Waals surface area (Å²) in [6.07, 6.45) is 2.05. The molecule has 0 unspecified atom stereocenters. The van der Waals surface area contributed by atoms with Gasteiger partial charge in [-0.2, -0.15) is 5.10 Å².